The molecule has 1 aromatic rings. The first-order chi connectivity index (χ1) is 8.79. The number of carbonyl (C=O) groups is 1. The van der Waals surface area contributed by atoms with Crippen molar-refractivity contribution in [1.82, 2.24) is 5.32 Å². The van der Waals surface area contributed by atoms with Gasteiger partial charge < -0.3 is 11.1 Å². The molecule has 2 atom stereocenters. The molecule has 2 aliphatic carbocycles. The molecule has 0 aliphatic heterocycles. The lowest BCUT2D eigenvalue weighted by atomic mass is 10.1. The van der Waals surface area contributed by atoms with E-state index in [1.807, 2.05) is 18.2 Å². The molecule has 0 radical (unpaired) electrons. The Morgan fingerprint density at radius 3 is 2.72 bits per heavy atom. The van der Waals surface area contributed by atoms with Gasteiger partial charge in [-0.25, -0.2) is 0 Å². The molecular weight excluding hydrogens is 224 g/mol. The number of amides is 1. The Labute approximate surface area is 108 Å². The summed E-state index contributed by atoms with van der Waals surface area (Å²) in [6.07, 6.45) is 3.83. The number of benzene rings is 1. The van der Waals surface area contributed by atoms with Gasteiger partial charge in [0.05, 0.1) is 0 Å². The second kappa shape index (κ2) is 4.73. The Balaban J connectivity index is 1.53. The van der Waals surface area contributed by atoms with Gasteiger partial charge in [-0.15, -0.1) is 0 Å². The predicted molar refractivity (Wildman–Crippen MR) is 70.5 cm³/mol. The molecule has 0 aromatic heterocycles. The van der Waals surface area contributed by atoms with Crippen LogP contribution in [-0.2, 0) is 17.9 Å². The quantitative estimate of drug-likeness (QED) is 0.848. The van der Waals surface area contributed by atoms with E-state index in [1.165, 1.54) is 19.3 Å². The highest BCUT2D eigenvalue weighted by Crippen LogP contribution is 2.57. The first-order valence-electron chi connectivity index (χ1n) is 6.85. The summed E-state index contributed by atoms with van der Waals surface area (Å²) >= 11 is 0. The summed E-state index contributed by atoms with van der Waals surface area (Å²) in [6, 6.07) is 8.10. The van der Waals surface area contributed by atoms with E-state index in [2.05, 4.69) is 11.4 Å². The van der Waals surface area contributed by atoms with Crippen molar-refractivity contribution >= 4 is 5.91 Å². The lowest BCUT2D eigenvalue weighted by Crippen LogP contribution is -2.26. The van der Waals surface area contributed by atoms with Crippen LogP contribution in [0.1, 0.15) is 30.4 Å². The lowest BCUT2D eigenvalue weighted by molar-refractivity contribution is -0.123. The van der Waals surface area contributed by atoms with Crippen LogP contribution in [0.3, 0.4) is 0 Å². The molecule has 3 nitrogen and oxygen atoms in total. The van der Waals surface area contributed by atoms with E-state index < -0.39 is 0 Å². The Morgan fingerprint density at radius 1 is 1.28 bits per heavy atom. The molecule has 0 heterocycles. The minimum absolute atomic E-state index is 0.253. The van der Waals surface area contributed by atoms with Crippen LogP contribution in [0.4, 0.5) is 0 Å². The summed E-state index contributed by atoms with van der Waals surface area (Å²) in [4.78, 5) is 12.0. The maximum Gasteiger partial charge on any atom is 0.223 e. The van der Waals surface area contributed by atoms with Crippen molar-refractivity contribution in [3.8, 4) is 0 Å². The smallest absolute Gasteiger partial charge is 0.223 e. The molecule has 1 aromatic carbocycles. The van der Waals surface area contributed by atoms with Gasteiger partial charge in [-0.2, -0.15) is 0 Å². The number of fused-ring (bicyclic) bond motifs is 1. The summed E-state index contributed by atoms with van der Waals surface area (Å²) in [5.41, 5.74) is 7.86. The molecule has 18 heavy (non-hydrogen) atoms. The molecule has 2 unspecified atom stereocenters. The van der Waals surface area contributed by atoms with Crippen molar-refractivity contribution in [2.24, 2.45) is 23.5 Å². The van der Waals surface area contributed by atoms with Gasteiger partial charge >= 0.3 is 0 Å². The maximum atomic E-state index is 12.0. The number of hydrogen-bond acceptors (Lipinski definition) is 2. The molecule has 96 valence electrons. The van der Waals surface area contributed by atoms with Crippen LogP contribution in [0.5, 0.6) is 0 Å². The zero-order valence-electron chi connectivity index (χ0n) is 10.6. The molecule has 2 aliphatic rings. The predicted octanol–water partition coefficient (Wildman–Crippen LogP) is 1.81. The number of hydrogen-bond donors (Lipinski definition) is 2. The van der Waals surface area contributed by atoms with Crippen molar-refractivity contribution in [2.45, 2.75) is 32.4 Å². The third kappa shape index (κ3) is 2.15. The standard InChI is InChI=1S/C15H20N2O/c16-8-10-3-1-4-11(7-10)9-17-15(18)14-12-5-2-6-13(12)14/h1,3-4,7,12-14H,2,5-6,8-9,16H2,(H,17,18). The molecule has 3 rings (SSSR count). The van der Waals surface area contributed by atoms with Crippen LogP contribution < -0.4 is 11.1 Å². The molecular formula is C15H20N2O. The highest BCUT2D eigenvalue weighted by Gasteiger charge is 2.56. The maximum absolute atomic E-state index is 12.0. The van der Waals surface area contributed by atoms with E-state index in [9.17, 15) is 4.79 Å². The molecule has 0 bridgehead atoms. The first-order valence-corrected chi connectivity index (χ1v) is 6.85. The van der Waals surface area contributed by atoms with Gasteiger partial charge in [0, 0.05) is 19.0 Å². The fourth-order valence-corrected chi connectivity index (χ4v) is 3.38. The third-order valence-electron chi connectivity index (χ3n) is 4.40. The zero-order chi connectivity index (χ0) is 12.5. The average molecular weight is 244 g/mol. The number of carbonyl (C=O) groups excluding carboxylic acids is 1. The molecule has 3 heteroatoms. The topological polar surface area (TPSA) is 55.1 Å². The number of nitrogens with two attached hydrogens (primary N) is 1. The van der Waals surface area contributed by atoms with E-state index in [4.69, 9.17) is 5.73 Å². The van der Waals surface area contributed by atoms with Gasteiger partial charge in [-0.3, -0.25) is 4.79 Å². The fourth-order valence-electron chi connectivity index (χ4n) is 3.38. The van der Waals surface area contributed by atoms with Crippen LogP contribution in [0.25, 0.3) is 0 Å². The first kappa shape index (κ1) is 11.7. The van der Waals surface area contributed by atoms with Crippen LogP contribution in [0.15, 0.2) is 24.3 Å². The second-order valence-electron chi connectivity index (χ2n) is 5.53. The van der Waals surface area contributed by atoms with Gasteiger partial charge in [0.25, 0.3) is 0 Å². The van der Waals surface area contributed by atoms with Crippen molar-refractivity contribution in [1.29, 1.82) is 0 Å². The van der Waals surface area contributed by atoms with E-state index in [1.54, 1.807) is 0 Å². The van der Waals surface area contributed by atoms with Crippen molar-refractivity contribution in [3.63, 3.8) is 0 Å². The summed E-state index contributed by atoms with van der Waals surface area (Å²) in [6.45, 7) is 1.18. The molecule has 3 N–H and O–H groups in total. The number of nitrogens with one attached hydrogen (secondary N) is 1. The third-order valence-corrected chi connectivity index (χ3v) is 4.40. The minimum atomic E-state index is 0.253. The molecule has 0 spiro atoms. The minimum Gasteiger partial charge on any atom is -0.352 e. The molecule has 0 saturated heterocycles. The van der Waals surface area contributed by atoms with Crippen molar-refractivity contribution < 1.29 is 4.79 Å². The Kier molecular flexibility index (Phi) is 3.08. The Morgan fingerprint density at radius 2 is 2.00 bits per heavy atom. The zero-order valence-corrected chi connectivity index (χ0v) is 10.6. The van der Waals surface area contributed by atoms with Gasteiger partial charge in [0.2, 0.25) is 5.91 Å². The summed E-state index contributed by atoms with van der Waals surface area (Å²) in [7, 11) is 0. The number of rotatable bonds is 4. The lowest BCUT2D eigenvalue weighted by Gasteiger charge is -2.07. The highest BCUT2D eigenvalue weighted by atomic mass is 16.2. The van der Waals surface area contributed by atoms with Crippen LogP contribution in [0, 0.1) is 17.8 Å². The highest BCUT2D eigenvalue weighted by molar-refractivity contribution is 5.82. The monoisotopic (exact) mass is 244 g/mol. The summed E-state index contributed by atoms with van der Waals surface area (Å²) in [5.74, 6) is 1.96. The van der Waals surface area contributed by atoms with Crippen molar-refractivity contribution in [3.05, 3.63) is 35.4 Å². The van der Waals surface area contributed by atoms with Crippen LogP contribution >= 0.6 is 0 Å². The van der Waals surface area contributed by atoms with Gasteiger partial charge in [0.1, 0.15) is 0 Å². The summed E-state index contributed by atoms with van der Waals surface area (Å²) in [5, 5.41) is 3.06. The molecule has 2 saturated carbocycles. The molecule has 1 amide bonds. The van der Waals surface area contributed by atoms with E-state index >= 15 is 0 Å². The Bertz CT molecular complexity index is 448. The normalized spacial score (nSPS) is 28.8. The van der Waals surface area contributed by atoms with E-state index in [0.29, 0.717) is 30.8 Å². The SMILES string of the molecule is NCc1cccc(CNC(=O)C2C3CCCC32)c1. The summed E-state index contributed by atoms with van der Waals surface area (Å²) < 4.78 is 0. The second-order valence-corrected chi connectivity index (χ2v) is 5.53. The van der Waals surface area contributed by atoms with Crippen molar-refractivity contribution in [2.75, 3.05) is 0 Å². The van der Waals surface area contributed by atoms with E-state index in [-0.39, 0.29) is 5.91 Å². The largest absolute Gasteiger partial charge is 0.352 e. The Hall–Kier alpha value is -1.35. The van der Waals surface area contributed by atoms with Gasteiger partial charge in [0.15, 0.2) is 0 Å². The molecule has 2 fully saturated rings. The van der Waals surface area contributed by atoms with Crippen LogP contribution in [-0.4, -0.2) is 5.91 Å². The fraction of sp³-hybridized carbons (Fsp3) is 0.533. The van der Waals surface area contributed by atoms with Crippen LogP contribution in [0.2, 0.25) is 0 Å². The van der Waals surface area contributed by atoms with Gasteiger partial charge in [-0.05, 0) is 35.8 Å². The average Bonchev–Trinajstić information content (AvgIpc) is 2.89. The van der Waals surface area contributed by atoms with E-state index in [0.717, 1.165) is 11.1 Å². The van der Waals surface area contributed by atoms with Gasteiger partial charge in [-0.1, -0.05) is 30.7 Å².